The van der Waals surface area contributed by atoms with E-state index >= 15 is 0 Å². The molecule has 0 spiro atoms. The summed E-state index contributed by atoms with van der Waals surface area (Å²) >= 11 is 0. The van der Waals surface area contributed by atoms with E-state index in [-0.39, 0.29) is 11.7 Å². The van der Waals surface area contributed by atoms with Crippen molar-refractivity contribution in [1.82, 2.24) is 0 Å². The quantitative estimate of drug-likeness (QED) is 0.600. The van der Waals surface area contributed by atoms with Crippen LogP contribution in [0.4, 0.5) is 0 Å². The normalized spacial score (nSPS) is 35.2. The van der Waals surface area contributed by atoms with Gasteiger partial charge in [-0.05, 0) is 33.3 Å². The van der Waals surface area contributed by atoms with E-state index in [1.807, 2.05) is 27.7 Å². The molecule has 0 saturated heterocycles. The van der Waals surface area contributed by atoms with Crippen LogP contribution in [0.2, 0.25) is 0 Å². The van der Waals surface area contributed by atoms with Crippen molar-refractivity contribution in [2.45, 2.75) is 40.2 Å². The predicted octanol–water partition coefficient (Wildman–Crippen LogP) is 2.29. The molecule has 68 valence electrons. The fourth-order valence-electron chi connectivity index (χ4n) is 1.58. The highest BCUT2D eigenvalue weighted by atomic mass is 16.5. The number of hydrogen-bond acceptors (Lipinski definition) is 2. The van der Waals surface area contributed by atoms with Crippen LogP contribution in [0.15, 0.2) is 11.3 Å². The maximum absolute atomic E-state index is 11.3. The van der Waals surface area contributed by atoms with E-state index in [0.29, 0.717) is 0 Å². The van der Waals surface area contributed by atoms with Gasteiger partial charge in [0.05, 0.1) is 5.76 Å². The zero-order valence-corrected chi connectivity index (χ0v) is 8.39. The molecule has 0 radical (unpaired) electrons. The molecular weight excluding hydrogens is 152 g/mol. The molecule has 1 rings (SSSR count). The first-order valence-electron chi connectivity index (χ1n) is 4.27. The van der Waals surface area contributed by atoms with Crippen LogP contribution < -0.4 is 0 Å². The average Bonchev–Trinajstić information content (AvgIpc) is 2.17. The van der Waals surface area contributed by atoms with Gasteiger partial charge in [-0.3, -0.25) is 4.79 Å². The molecule has 2 nitrogen and oxygen atoms in total. The van der Waals surface area contributed by atoms with Gasteiger partial charge in [-0.15, -0.1) is 0 Å². The van der Waals surface area contributed by atoms with Gasteiger partial charge in [0, 0.05) is 5.92 Å². The Hall–Kier alpha value is -0.790. The number of ketones is 1. The molecule has 0 aliphatic carbocycles. The van der Waals surface area contributed by atoms with Gasteiger partial charge in [-0.2, -0.15) is 0 Å². The van der Waals surface area contributed by atoms with Crippen molar-refractivity contribution < 1.29 is 9.53 Å². The SMILES string of the molecule is CC(=O)C1(C)OC(C)=C(C)C1C. The van der Waals surface area contributed by atoms with Crippen molar-refractivity contribution in [3.05, 3.63) is 11.3 Å². The van der Waals surface area contributed by atoms with Crippen LogP contribution in [0.1, 0.15) is 34.6 Å². The fourth-order valence-corrected chi connectivity index (χ4v) is 1.58. The van der Waals surface area contributed by atoms with Crippen molar-refractivity contribution in [2.75, 3.05) is 0 Å². The summed E-state index contributed by atoms with van der Waals surface area (Å²) in [5.41, 5.74) is 0.571. The van der Waals surface area contributed by atoms with Gasteiger partial charge in [0.15, 0.2) is 11.4 Å². The highest BCUT2D eigenvalue weighted by Gasteiger charge is 2.44. The smallest absolute Gasteiger partial charge is 0.173 e. The summed E-state index contributed by atoms with van der Waals surface area (Å²) < 4.78 is 5.56. The number of rotatable bonds is 1. The van der Waals surface area contributed by atoms with E-state index in [1.165, 1.54) is 5.57 Å². The summed E-state index contributed by atoms with van der Waals surface area (Å²) in [5.74, 6) is 1.21. The molecule has 0 aromatic heterocycles. The van der Waals surface area contributed by atoms with Crippen LogP contribution in [0.3, 0.4) is 0 Å². The van der Waals surface area contributed by atoms with Crippen LogP contribution in [0, 0.1) is 5.92 Å². The van der Waals surface area contributed by atoms with E-state index in [1.54, 1.807) is 6.92 Å². The van der Waals surface area contributed by atoms with Crippen molar-refractivity contribution in [1.29, 1.82) is 0 Å². The van der Waals surface area contributed by atoms with Gasteiger partial charge in [0.1, 0.15) is 0 Å². The number of hydrogen-bond donors (Lipinski definition) is 0. The van der Waals surface area contributed by atoms with Gasteiger partial charge in [0.25, 0.3) is 0 Å². The number of Topliss-reactive ketones (excluding diaryl/α,β-unsaturated/α-hetero) is 1. The summed E-state index contributed by atoms with van der Waals surface area (Å²) in [7, 11) is 0. The molecule has 2 heteroatoms. The van der Waals surface area contributed by atoms with Gasteiger partial charge in [-0.1, -0.05) is 6.92 Å². The third-order valence-corrected chi connectivity index (χ3v) is 3.10. The second-order valence-electron chi connectivity index (χ2n) is 3.73. The Balaban J connectivity index is 2.99. The first kappa shape index (κ1) is 9.30. The van der Waals surface area contributed by atoms with E-state index in [4.69, 9.17) is 4.74 Å². The number of carbonyl (C=O) groups is 1. The van der Waals surface area contributed by atoms with Crippen LogP contribution in [-0.2, 0) is 9.53 Å². The molecule has 0 bridgehead atoms. The summed E-state index contributed by atoms with van der Waals surface area (Å²) in [6.07, 6.45) is 0. The molecule has 1 heterocycles. The number of carbonyl (C=O) groups excluding carboxylic acids is 1. The van der Waals surface area contributed by atoms with E-state index in [0.717, 1.165) is 5.76 Å². The monoisotopic (exact) mass is 168 g/mol. The van der Waals surface area contributed by atoms with Gasteiger partial charge in [-0.25, -0.2) is 0 Å². The molecule has 1 aliphatic rings. The van der Waals surface area contributed by atoms with Crippen LogP contribution >= 0.6 is 0 Å². The number of ether oxygens (including phenoxy) is 1. The molecule has 0 N–H and O–H groups in total. The summed E-state index contributed by atoms with van der Waals surface area (Å²) in [6, 6.07) is 0. The predicted molar refractivity (Wildman–Crippen MR) is 47.7 cm³/mol. The van der Waals surface area contributed by atoms with Gasteiger partial charge in [0.2, 0.25) is 0 Å². The lowest BCUT2D eigenvalue weighted by Gasteiger charge is -2.26. The molecule has 2 atom stereocenters. The van der Waals surface area contributed by atoms with Gasteiger partial charge < -0.3 is 4.74 Å². The second-order valence-corrected chi connectivity index (χ2v) is 3.73. The molecule has 0 fully saturated rings. The minimum atomic E-state index is -0.617. The van der Waals surface area contributed by atoms with Crippen LogP contribution in [0.5, 0.6) is 0 Å². The Morgan fingerprint density at radius 2 is 2.00 bits per heavy atom. The Kier molecular flexibility index (Phi) is 2.02. The zero-order chi connectivity index (χ0) is 9.52. The zero-order valence-electron chi connectivity index (χ0n) is 8.39. The molecule has 0 aromatic rings. The fraction of sp³-hybridized carbons (Fsp3) is 0.700. The minimum absolute atomic E-state index is 0.103. The Bertz CT molecular complexity index is 253. The lowest BCUT2D eigenvalue weighted by molar-refractivity contribution is -0.136. The maximum atomic E-state index is 11.3. The highest BCUT2D eigenvalue weighted by molar-refractivity contribution is 5.86. The van der Waals surface area contributed by atoms with Crippen molar-refractivity contribution in [3.63, 3.8) is 0 Å². The number of allylic oxidation sites excluding steroid dienone is 1. The molecule has 1 aliphatic heterocycles. The Labute approximate surface area is 73.6 Å². The molecule has 2 unspecified atom stereocenters. The van der Waals surface area contributed by atoms with Crippen LogP contribution in [0.25, 0.3) is 0 Å². The standard InChI is InChI=1S/C10H16O2/c1-6-7(2)10(5,9(4)11)12-8(6)3/h7H,1-5H3. The van der Waals surface area contributed by atoms with E-state index in [9.17, 15) is 4.79 Å². The minimum Gasteiger partial charge on any atom is -0.484 e. The summed E-state index contributed by atoms with van der Waals surface area (Å²) in [6.45, 7) is 9.42. The molecule has 0 saturated carbocycles. The molecule has 0 amide bonds. The second kappa shape index (κ2) is 2.61. The highest BCUT2D eigenvalue weighted by Crippen LogP contribution is 2.39. The Morgan fingerprint density at radius 3 is 2.17 bits per heavy atom. The maximum Gasteiger partial charge on any atom is 0.173 e. The third kappa shape index (κ3) is 1.06. The lowest BCUT2D eigenvalue weighted by Crippen LogP contribution is -2.39. The first-order chi connectivity index (χ1) is 5.39. The average molecular weight is 168 g/mol. The van der Waals surface area contributed by atoms with Gasteiger partial charge >= 0.3 is 0 Å². The summed E-state index contributed by atoms with van der Waals surface area (Å²) in [5, 5.41) is 0. The topological polar surface area (TPSA) is 26.3 Å². The molecule has 0 aromatic carbocycles. The van der Waals surface area contributed by atoms with E-state index < -0.39 is 5.60 Å². The van der Waals surface area contributed by atoms with Crippen molar-refractivity contribution in [3.8, 4) is 0 Å². The third-order valence-electron chi connectivity index (χ3n) is 3.10. The van der Waals surface area contributed by atoms with Crippen molar-refractivity contribution in [2.24, 2.45) is 5.92 Å². The largest absolute Gasteiger partial charge is 0.484 e. The first-order valence-corrected chi connectivity index (χ1v) is 4.27. The van der Waals surface area contributed by atoms with Crippen LogP contribution in [-0.4, -0.2) is 11.4 Å². The molecular formula is C10H16O2. The van der Waals surface area contributed by atoms with E-state index in [2.05, 4.69) is 0 Å². The van der Waals surface area contributed by atoms with Crippen molar-refractivity contribution >= 4 is 5.78 Å². The molecule has 12 heavy (non-hydrogen) atoms. The summed E-state index contributed by atoms with van der Waals surface area (Å²) in [4.78, 5) is 11.3. The lowest BCUT2D eigenvalue weighted by atomic mass is 9.84. The Morgan fingerprint density at radius 1 is 1.50 bits per heavy atom.